The van der Waals surface area contributed by atoms with Crippen LogP contribution >= 0.6 is 31.9 Å². The van der Waals surface area contributed by atoms with Crippen molar-refractivity contribution in [2.45, 2.75) is 19.4 Å². The van der Waals surface area contributed by atoms with E-state index in [0.717, 1.165) is 12.5 Å². The second-order valence-electron chi connectivity index (χ2n) is 7.73. The average Bonchev–Trinajstić information content (AvgIpc) is 3.54. The second kappa shape index (κ2) is 12.7. The van der Waals surface area contributed by atoms with Gasteiger partial charge in [-0.1, -0.05) is 31.9 Å². The summed E-state index contributed by atoms with van der Waals surface area (Å²) in [6.07, 6.45) is 2.12. The summed E-state index contributed by atoms with van der Waals surface area (Å²) in [5, 5.41) is 34.8. The van der Waals surface area contributed by atoms with Crippen molar-refractivity contribution in [1.29, 1.82) is 0 Å². The summed E-state index contributed by atoms with van der Waals surface area (Å²) in [5.74, 6) is -1.86. The van der Waals surface area contributed by atoms with Gasteiger partial charge in [-0.05, 0) is 37.6 Å². The van der Waals surface area contributed by atoms with Gasteiger partial charge in [0, 0.05) is 27.7 Å². The number of hydrogen-bond donors (Lipinski definition) is 1. The fourth-order valence-corrected chi connectivity index (χ4v) is 4.37. The number of ether oxygens (including phenoxy) is 2. The Balaban J connectivity index is 0.000000260. The van der Waals surface area contributed by atoms with E-state index >= 15 is 0 Å². The highest BCUT2D eigenvalue weighted by Crippen LogP contribution is 2.37. The van der Waals surface area contributed by atoms with E-state index in [4.69, 9.17) is 14.6 Å². The number of nitrogens with zero attached hydrogens (tertiary/aromatic N) is 4. The number of nitro benzene ring substituents is 2. The van der Waals surface area contributed by atoms with Crippen molar-refractivity contribution >= 4 is 55.2 Å². The molecule has 0 saturated carbocycles. The molecule has 38 heavy (non-hydrogen) atoms. The normalized spacial score (nSPS) is 14.3. The number of hydrogen-bond acceptors (Lipinski definition) is 9. The molecule has 1 fully saturated rings. The smallest absolute Gasteiger partial charge is 0.342 e. The zero-order chi connectivity index (χ0) is 28.0. The first-order valence-corrected chi connectivity index (χ1v) is 12.6. The van der Waals surface area contributed by atoms with Crippen molar-refractivity contribution < 1.29 is 34.0 Å². The second-order valence-corrected chi connectivity index (χ2v) is 9.56. The van der Waals surface area contributed by atoms with Crippen LogP contribution in [0.2, 0.25) is 0 Å². The number of carbonyl (C=O) groups is 2. The third-order valence-electron chi connectivity index (χ3n) is 5.34. The number of rotatable bonds is 7. The van der Waals surface area contributed by atoms with Gasteiger partial charge in [-0.2, -0.15) is 5.10 Å². The number of carboxylic acid groups (broad SMARTS) is 1. The van der Waals surface area contributed by atoms with Crippen LogP contribution in [0.4, 0.5) is 11.4 Å². The molecule has 200 valence electrons. The molecule has 2 aromatic carbocycles. The van der Waals surface area contributed by atoms with Crippen molar-refractivity contribution in [2.75, 3.05) is 19.8 Å². The van der Waals surface area contributed by atoms with Crippen LogP contribution < -0.4 is 0 Å². The summed E-state index contributed by atoms with van der Waals surface area (Å²) < 4.78 is 13.2. The number of esters is 1. The minimum Gasteiger partial charge on any atom is -0.477 e. The summed E-state index contributed by atoms with van der Waals surface area (Å²) >= 11 is 6.26. The van der Waals surface area contributed by atoms with Gasteiger partial charge in [0.2, 0.25) is 0 Å². The minimum absolute atomic E-state index is 0.0820. The van der Waals surface area contributed by atoms with Crippen LogP contribution in [0.3, 0.4) is 0 Å². The van der Waals surface area contributed by atoms with Gasteiger partial charge in [-0.3, -0.25) is 24.9 Å². The Labute approximate surface area is 231 Å². The summed E-state index contributed by atoms with van der Waals surface area (Å²) in [7, 11) is 0. The summed E-state index contributed by atoms with van der Waals surface area (Å²) in [6.45, 7) is 2.94. The first kappa shape index (κ1) is 28.9. The van der Waals surface area contributed by atoms with Crippen LogP contribution in [0.25, 0.3) is 11.3 Å². The molecule has 1 aliphatic rings. The molecular formula is C23H20Br2N4O9. The van der Waals surface area contributed by atoms with Crippen LogP contribution in [-0.2, 0) is 9.47 Å². The zero-order valence-corrected chi connectivity index (χ0v) is 22.9. The molecule has 4 rings (SSSR count). The first-order chi connectivity index (χ1) is 18.0. The van der Waals surface area contributed by atoms with Crippen LogP contribution in [0.15, 0.2) is 51.5 Å². The Hall–Kier alpha value is -3.69. The molecule has 0 unspecified atom stereocenters. The van der Waals surface area contributed by atoms with Gasteiger partial charge in [0.1, 0.15) is 11.1 Å². The predicted molar refractivity (Wildman–Crippen MR) is 140 cm³/mol. The predicted octanol–water partition coefficient (Wildman–Crippen LogP) is 5.41. The largest absolute Gasteiger partial charge is 0.477 e. The zero-order valence-electron chi connectivity index (χ0n) is 19.7. The minimum atomic E-state index is -1.31. The van der Waals surface area contributed by atoms with E-state index < -0.39 is 27.5 Å². The lowest BCUT2D eigenvalue weighted by Gasteiger charge is -2.14. The van der Waals surface area contributed by atoms with Gasteiger partial charge in [-0.25, -0.2) is 9.59 Å². The van der Waals surface area contributed by atoms with E-state index in [9.17, 15) is 29.8 Å². The standard InChI is InChI=1S/C16H16BrN3O5.C7H4BrNO4/c1-2-25-16(21)13-8-18-19(11-5-6-24-9-11)15(13)12-4-3-10(17)7-14(12)20(22)23;8-4-1-2-5(7(10)11)6(3-4)9(12)13/h3-4,7-8,11H,2,5-6,9H2,1H3;1-3H,(H,10,11)/t11-;/m0./s1. The molecule has 0 amide bonds. The quantitative estimate of drug-likeness (QED) is 0.196. The fraction of sp³-hybridized carbons (Fsp3) is 0.261. The van der Waals surface area contributed by atoms with Gasteiger partial charge in [0.05, 0.1) is 46.6 Å². The average molecular weight is 656 g/mol. The number of nitro groups is 2. The molecule has 0 aliphatic carbocycles. The van der Waals surface area contributed by atoms with Crippen molar-refractivity contribution in [1.82, 2.24) is 9.78 Å². The third kappa shape index (κ3) is 6.59. The highest BCUT2D eigenvalue weighted by Gasteiger charge is 2.30. The number of halogens is 2. The van der Waals surface area contributed by atoms with E-state index in [1.807, 2.05) is 0 Å². The maximum Gasteiger partial charge on any atom is 0.342 e. The monoisotopic (exact) mass is 654 g/mol. The maximum absolute atomic E-state index is 12.3. The molecule has 0 radical (unpaired) electrons. The molecule has 2 heterocycles. The number of carbonyl (C=O) groups excluding carboxylic acids is 1. The molecule has 1 saturated heterocycles. The number of carboxylic acids is 1. The third-order valence-corrected chi connectivity index (χ3v) is 6.33. The molecule has 1 N–H and O–H groups in total. The number of benzene rings is 2. The molecule has 0 spiro atoms. The lowest BCUT2D eigenvalue weighted by atomic mass is 10.0. The van der Waals surface area contributed by atoms with Crippen molar-refractivity contribution in [2.24, 2.45) is 0 Å². The molecular weight excluding hydrogens is 636 g/mol. The fourth-order valence-electron chi connectivity index (χ4n) is 3.67. The maximum atomic E-state index is 12.3. The highest BCUT2D eigenvalue weighted by molar-refractivity contribution is 9.10. The molecule has 1 aromatic heterocycles. The van der Waals surface area contributed by atoms with Gasteiger partial charge in [-0.15, -0.1) is 0 Å². The molecule has 3 aromatic rings. The van der Waals surface area contributed by atoms with E-state index in [0.29, 0.717) is 33.4 Å². The SMILES string of the molecule is CCOC(=O)c1cnn([C@H]2CCOC2)c1-c1ccc(Br)cc1[N+](=O)[O-].O=C(O)c1ccc(Br)cc1[N+](=O)[O-]. The molecule has 13 nitrogen and oxygen atoms in total. The van der Waals surface area contributed by atoms with E-state index in [1.54, 1.807) is 23.7 Å². The highest BCUT2D eigenvalue weighted by atomic mass is 79.9. The van der Waals surface area contributed by atoms with Crippen LogP contribution in [0, 0.1) is 20.2 Å². The Kier molecular flexibility index (Phi) is 9.66. The lowest BCUT2D eigenvalue weighted by Crippen LogP contribution is -2.14. The van der Waals surface area contributed by atoms with Crippen LogP contribution in [-0.4, -0.2) is 56.5 Å². The molecule has 0 bridgehead atoms. The summed E-state index contributed by atoms with van der Waals surface area (Å²) in [4.78, 5) is 43.6. The summed E-state index contributed by atoms with van der Waals surface area (Å²) in [5.41, 5.74) is 0.0728. The Morgan fingerprint density at radius 1 is 1.11 bits per heavy atom. The Bertz CT molecular complexity index is 1390. The van der Waals surface area contributed by atoms with Crippen molar-refractivity contribution in [3.05, 3.63) is 82.9 Å². The molecule has 1 aliphatic heterocycles. The Morgan fingerprint density at radius 3 is 2.29 bits per heavy atom. The topological polar surface area (TPSA) is 177 Å². The van der Waals surface area contributed by atoms with Gasteiger partial charge in [0.25, 0.3) is 11.4 Å². The number of aromatic carboxylic acids is 1. The molecule has 1 atom stereocenters. The van der Waals surface area contributed by atoms with Gasteiger partial charge < -0.3 is 14.6 Å². The summed E-state index contributed by atoms with van der Waals surface area (Å²) in [6, 6.07) is 8.41. The van der Waals surface area contributed by atoms with E-state index in [-0.39, 0.29) is 29.5 Å². The van der Waals surface area contributed by atoms with Gasteiger partial charge >= 0.3 is 11.9 Å². The first-order valence-electron chi connectivity index (χ1n) is 11.0. The Morgan fingerprint density at radius 2 is 1.74 bits per heavy atom. The van der Waals surface area contributed by atoms with Crippen molar-refractivity contribution in [3.8, 4) is 11.3 Å². The van der Waals surface area contributed by atoms with Crippen LogP contribution in [0.5, 0.6) is 0 Å². The van der Waals surface area contributed by atoms with Crippen LogP contribution in [0.1, 0.15) is 40.1 Å². The number of aromatic nitrogens is 2. The van der Waals surface area contributed by atoms with Gasteiger partial charge in [0.15, 0.2) is 0 Å². The lowest BCUT2D eigenvalue weighted by molar-refractivity contribution is -0.385. The van der Waals surface area contributed by atoms with Crippen molar-refractivity contribution in [3.63, 3.8) is 0 Å². The molecule has 15 heteroatoms. The van der Waals surface area contributed by atoms with E-state index in [1.165, 1.54) is 24.4 Å². The van der Waals surface area contributed by atoms with E-state index in [2.05, 4.69) is 37.0 Å².